The van der Waals surface area contributed by atoms with Gasteiger partial charge < -0.3 is 4.74 Å². The first kappa shape index (κ1) is 12.8. The quantitative estimate of drug-likeness (QED) is 0.794. The van der Waals surface area contributed by atoms with E-state index in [1.54, 1.807) is 0 Å². The Morgan fingerprint density at radius 2 is 2.12 bits per heavy atom. The van der Waals surface area contributed by atoms with Crippen LogP contribution in [0.15, 0.2) is 22.7 Å². The van der Waals surface area contributed by atoms with Gasteiger partial charge in [-0.15, -0.1) is 0 Å². The van der Waals surface area contributed by atoms with Gasteiger partial charge in [-0.05, 0) is 37.3 Å². The van der Waals surface area contributed by atoms with Crippen LogP contribution < -0.4 is 0 Å². The molecule has 92 valence electrons. The van der Waals surface area contributed by atoms with Gasteiger partial charge in [-0.2, -0.15) is 0 Å². The molecule has 0 radical (unpaired) electrons. The van der Waals surface area contributed by atoms with E-state index in [-0.39, 0.29) is 5.78 Å². The van der Waals surface area contributed by atoms with E-state index in [9.17, 15) is 4.79 Å². The normalized spacial score (nSPS) is 17.1. The van der Waals surface area contributed by atoms with E-state index >= 15 is 0 Å². The summed E-state index contributed by atoms with van der Waals surface area (Å²) in [5, 5.41) is 0. The summed E-state index contributed by atoms with van der Waals surface area (Å²) in [6.07, 6.45) is 2.66. The average Bonchev–Trinajstić information content (AvgIpc) is 2.30. The van der Waals surface area contributed by atoms with Crippen molar-refractivity contribution in [3.8, 4) is 0 Å². The number of aryl methyl sites for hydroxylation is 1. The van der Waals surface area contributed by atoms with Gasteiger partial charge in [-0.3, -0.25) is 4.79 Å². The summed E-state index contributed by atoms with van der Waals surface area (Å²) < 4.78 is 6.22. The van der Waals surface area contributed by atoms with Crippen molar-refractivity contribution in [3.05, 3.63) is 33.8 Å². The summed E-state index contributed by atoms with van der Waals surface area (Å²) in [6, 6.07) is 5.90. The van der Waals surface area contributed by atoms with E-state index in [1.807, 2.05) is 25.1 Å². The van der Waals surface area contributed by atoms with Gasteiger partial charge in [0, 0.05) is 29.7 Å². The highest BCUT2D eigenvalue weighted by Crippen LogP contribution is 2.25. The Balaban J connectivity index is 2.03. The fourth-order valence-corrected chi connectivity index (χ4v) is 2.88. The van der Waals surface area contributed by atoms with Crippen LogP contribution >= 0.6 is 15.9 Å². The third-order valence-corrected chi connectivity index (χ3v) is 3.90. The van der Waals surface area contributed by atoms with Crippen LogP contribution in [0.25, 0.3) is 0 Å². The summed E-state index contributed by atoms with van der Waals surface area (Å²) in [5.74, 6) is 0.730. The predicted molar refractivity (Wildman–Crippen MR) is 71.4 cm³/mol. The van der Waals surface area contributed by atoms with E-state index in [1.165, 1.54) is 5.56 Å². The number of carbonyl (C=O) groups is 1. The molecule has 3 heteroatoms. The van der Waals surface area contributed by atoms with Crippen LogP contribution in [0, 0.1) is 12.8 Å². The fraction of sp³-hybridized carbons (Fsp3) is 0.500. The van der Waals surface area contributed by atoms with Crippen LogP contribution in [-0.2, 0) is 4.74 Å². The molecule has 0 amide bonds. The SMILES string of the molecule is Cc1ccc(C(=O)CC2CCOCC2)c(Br)c1. The second kappa shape index (κ2) is 5.78. The van der Waals surface area contributed by atoms with E-state index in [4.69, 9.17) is 4.74 Å². The third kappa shape index (κ3) is 3.39. The van der Waals surface area contributed by atoms with Crippen molar-refractivity contribution in [2.75, 3.05) is 13.2 Å². The maximum atomic E-state index is 12.2. The molecule has 1 aromatic carbocycles. The molecule has 1 aliphatic rings. The topological polar surface area (TPSA) is 26.3 Å². The maximum absolute atomic E-state index is 12.2. The summed E-state index contributed by atoms with van der Waals surface area (Å²) in [5.41, 5.74) is 1.97. The van der Waals surface area contributed by atoms with Crippen molar-refractivity contribution >= 4 is 21.7 Å². The summed E-state index contributed by atoms with van der Waals surface area (Å²) in [7, 11) is 0. The van der Waals surface area contributed by atoms with Gasteiger partial charge in [-0.1, -0.05) is 28.1 Å². The first-order chi connectivity index (χ1) is 8.16. The largest absolute Gasteiger partial charge is 0.381 e. The zero-order valence-electron chi connectivity index (χ0n) is 10.0. The molecular formula is C14H17BrO2. The van der Waals surface area contributed by atoms with Gasteiger partial charge in [0.15, 0.2) is 5.78 Å². The zero-order chi connectivity index (χ0) is 12.3. The van der Waals surface area contributed by atoms with Crippen molar-refractivity contribution in [2.45, 2.75) is 26.2 Å². The number of carbonyl (C=O) groups excluding carboxylic acids is 1. The Labute approximate surface area is 110 Å². The van der Waals surface area contributed by atoms with E-state index in [0.29, 0.717) is 12.3 Å². The van der Waals surface area contributed by atoms with Gasteiger partial charge in [-0.25, -0.2) is 0 Å². The number of Topliss-reactive ketones (excluding diaryl/α,β-unsaturated/α-hetero) is 1. The Morgan fingerprint density at radius 3 is 2.76 bits per heavy atom. The molecule has 1 fully saturated rings. The number of ether oxygens (including phenoxy) is 1. The van der Waals surface area contributed by atoms with Crippen molar-refractivity contribution in [1.82, 2.24) is 0 Å². The molecule has 0 aliphatic carbocycles. The highest BCUT2D eigenvalue weighted by Gasteiger charge is 2.19. The molecule has 17 heavy (non-hydrogen) atoms. The molecule has 2 nitrogen and oxygen atoms in total. The number of hydrogen-bond acceptors (Lipinski definition) is 2. The molecule has 2 rings (SSSR count). The first-order valence-corrected chi connectivity index (χ1v) is 6.83. The second-order valence-corrected chi connectivity index (χ2v) is 5.52. The van der Waals surface area contributed by atoms with Crippen LogP contribution in [0.5, 0.6) is 0 Å². The Kier molecular flexibility index (Phi) is 4.35. The standard InChI is InChI=1S/C14H17BrO2/c1-10-2-3-12(13(15)8-10)14(16)9-11-4-6-17-7-5-11/h2-3,8,11H,4-7,9H2,1H3. The average molecular weight is 297 g/mol. The molecule has 0 aromatic heterocycles. The molecule has 0 N–H and O–H groups in total. The molecule has 1 heterocycles. The van der Waals surface area contributed by atoms with E-state index in [0.717, 1.165) is 36.1 Å². The van der Waals surface area contributed by atoms with Gasteiger partial charge in [0.05, 0.1) is 0 Å². The zero-order valence-corrected chi connectivity index (χ0v) is 11.6. The minimum atomic E-state index is 0.240. The molecular weight excluding hydrogens is 280 g/mol. The van der Waals surface area contributed by atoms with Crippen LogP contribution in [0.1, 0.15) is 35.2 Å². The van der Waals surface area contributed by atoms with Crippen molar-refractivity contribution < 1.29 is 9.53 Å². The maximum Gasteiger partial charge on any atom is 0.164 e. The van der Waals surface area contributed by atoms with E-state index in [2.05, 4.69) is 15.9 Å². The highest BCUT2D eigenvalue weighted by molar-refractivity contribution is 9.10. The Morgan fingerprint density at radius 1 is 1.41 bits per heavy atom. The molecule has 1 aromatic rings. The minimum Gasteiger partial charge on any atom is -0.381 e. The summed E-state index contributed by atoms with van der Waals surface area (Å²) >= 11 is 3.47. The van der Waals surface area contributed by atoms with Crippen molar-refractivity contribution in [3.63, 3.8) is 0 Å². The summed E-state index contributed by atoms with van der Waals surface area (Å²) in [6.45, 7) is 3.62. The summed E-state index contributed by atoms with van der Waals surface area (Å²) in [4.78, 5) is 12.2. The molecule has 1 aliphatic heterocycles. The second-order valence-electron chi connectivity index (χ2n) is 4.67. The number of rotatable bonds is 3. The number of benzene rings is 1. The van der Waals surface area contributed by atoms with Crippen LogP contribution in [0.4, 0.5) is 0 Å². The monoisotopic (exact) mass is 296 g/mol. The van der Waals surface area contributed by atoms with Crippen molar-refractivity contribution in [1.29, 1.82) is 0 Å². The Hall–Kier alpha value is -0.670. The third-order valence-electron chi connectivity index (χ3n) is 3.24. The van der Waals surface area contributed by atoms with Crippen LogP contribution in [-0.4, -0.2) is 19.0 Å². The lowest BCUT2D eigenvalue weighted by atomic mass is 9.92. The minimum absolute atomic E-state index is 0.240. The first-order valence-electron chi connectivity index (χ1n) is 6.04. The molecule has 0 atom stereocenters. The van der Waals surface area contributed by atoms with Gasteiger partial charge in [0.2, 0.25) is 0 Å². The molecule has 0 saturated carbocycles. The smallest absolute Gasteiger partial charge is 0.164 e. The number of hydrogen-bond donors (Lipinski definition) is 0. The number of halogens is 1. The lowest BCUT2D eigenvalue weighted by molar-refractivity contribution is 0.0601. The molecule has 1 saturated heterocycles. The fourth-order valence-electron chi connectivity index (χ4n) is 2.17. The van der Waals surface area contributed by atoms with Gasteiger partial charge in [0.1, 0.15) is 0 Å². The highest BCUT2D eigenvalue weighted by atomic mass is 79.9. The number of ketones is 1. The van der Waals surface area contributed by atoms with Crippen molar-refractivity contribution in [2.24, 2.45) is 5.92 Å². The molecule has 0 spiro atoms. The molecule has 0 bridgehead atoms. The lowest BCUT2D eigenvalue weighted by Gasteiger charge is -2.21. The van der Waals surface area contributed by atoms with Crippen LogP contribution in [0.3, 0.4) is 0 Å². The molecule has 0 unspecified atom stereocenters. The van der Waals surface area contributed by atoms with Crippen LogP contribution in [0.2, 0.25) is 0 Å². The lowest BCUT2D eigenvalue weighted by Crippen LogP contribution is -2.18. The Bertz CT molecular complexity index is 409. The predicted octanol–water partition coefficient (Wildman–Crippen LogP) is 3.76. The van der Waals surface area contributed by atoms with Gasteiger partial charge in [0.25, 0.3) is 0 Å². The van der Waals surface area contributed by atoms with Gasteiger partial charge >= 0.3 is 0 Å². The van der Waals surface area contributed by atoms with E-state index < -0.39 is 0 Å².